The van der Waals surface area contributed by atoms with Gasteiger partial charge < -0.3 is 5.11 Å². The zero-order valence-corrected chi connectivity index (χ0v) is 9.32. The number of hydrogen-bond acceptors (Lipinski definition) is 2. The quantitative estimate of drug-likeness (QED) is 0.456. The highest BCUT2D eigenvalue weighted by atomic mass is 16.2. The summed E-state index contributed by atoms with van der Waals surface area (Å²) in [5.41, 5.74) is 1.87. The van der Waals surface area contributed by atoms with Crippen LogP contribution in [0.5, 0.6) is 0 Å². The lowest BCUT2D eigenvalue weighted by Crippen LogP contribution is -2.11. The highest BCUT2D eigenvalue weighted by Crippen LogP contribution is 2.22. The van der Waals surface area contributed by atoms with E-state index in [0.717, 1.165) is 12.3 Å². The molecule has 0 aliphatic heterocycles. The van der Waals surface area contributed by atoms with E-state index in [0.29, 0.717) is 5.56 Å². The minimum absolute atomic E-state index is 0.0917. The van der Waals surface area contributed by atoms with E-state index in [4.69, 9.17) is 5.11 Å². The zero-order valence-electron chi connectivity index (χ0n) is 9.32. The van der Waals surface area contributed by atoms with Crippen molar-refractivity contribution in [2.45, 2.75) is 26.2 Å². The first-order valence-electron chi connectivity index (χ1n) is 4.91. The van der Waals surface area contributed by atoms with Gasteiger partial charge in [0.15, 0.2) is 5.78 Å². The average molecular weight is 204 g/mol. The predicted octanol–water partition coefficient (Wildman–Crippen LogP) is 3.24. The van der Waals surface area contributed by atoms with E-state index in [1.54, 1.807) is 12.1 Å². The number of hydrogen-bond donors (Lipinski definition) is 1. The van der Waals surface area contributed by atoms with Crippen LogP contribution in [0.4, 0.5) is 0 Å². The Morgan fingerprint density at radius 3 is 2.13 bits per heavy atom. The van der Waals surface area contributed by atoms with Gasteiger partial charge in [-0.1, -0.05) is 45.0 Å². The Hall–Kier alpha value is -1.57. The molecule has 0 aromatic heterocycles. The van der Waals surface area contributed by atoms with Crippen molar-refractivity contribution in [2.75, 3.05) is 0 Å². The first kappa shape index (κ1) is 11.5. The van der Waals surface area contributed by atoms with Gasteiger partial charge >= 0.3 is 0 Å². The van der Waals surface area contributed by atoms with Gasteiger partial charge in [0, 0.05) is 11.6 Å². The third-order valence-corrected chi connectivity index (χ3v) is 2.26. The third-order valence-electron chi connectivity index (χ3n) is 2.26. The number of allylic oxidation sites excluding steroid dienone is 1. The molecule has 1 aromatic carbocycles. The monoisotopic (exact) mass is 204 g/mol. The Morgan fingerprint density at radius 2 is 1.73 bits per heavy atom. The van der Waals surface area contributed by atoms with Gasteiger partial charge in [-0.2, -0.15) is 0 Å². The minimum Gasteiger partial charge on any atom is -0.515 e. The van der Waals surface area contributed by atoms with Crippen molar-refractivity contribution in [3.8, 4) is 0 Å². The van der Waals surface area contributed by atoms with Crippen molar-refractivity contribution in [1.29, 1.82) is 0 Å². The van der Waals surface area contributed by atoms with Gasteiger partial charge in [0.25, 0.3) is 0 Å². The Morgan fingerprint density at radius 1 is 1.20 bits per heavy atom. The van der Waals surface area contributed by atoms with Crippen LogP contribution in [0.15, 0.2) is 36.6 Å². The van der Waals surface area contributed by atoms with Gasteiger partial charge in [-0.25, -0.2) is 0 Å². The Labute approximate surface area is 90.3 Å². The molecule has 0 bridgehead atoms. The third kappa shape index (κ3) is 2.94. The Balaban J connectivity index is 2.95. The van der Waals surface area contributed by atoms with Crippen molar-refractivity contribution in [1.82, 2.24) is 0 Å². The fraction of sp³-hybridized carbons (Fsp3) is 0.308. The highest BCUT2D eigenvalue weighted by Gasteiger charge is 2.13. The number of aliphatic hydroxyl groups is 1. The largest absolute Gasteiger partial charge is 0.515 e. The van der Waals surface area contributed by atoms with Crippen molar-refractivity contribution < 1.29 is 9.90 Å². The van der Waals surface area contributed by atoms with E-state index in [-0.39, 0.29) is 11.2 Å². The molecule has 0 aliphatic rings. The number of rotatable bonds is 2. The highest BCUT2D eigenvalue weighted by molar-refractivity contribution is 6.04. The fourth-order valence-corrected chi connectivity index (χ4v) is 1.30. The molecule has 1 N–H and O–H groups in total. The van der Waals surface area contributed by atoms with Gasteiger partial charge in [0.2, 0.25) is 0 Å². The molecule has 1 aromatic rings. The maximum Gasteiger partial charge on any atom is 0.188 e. The van der Waals surface area contributed by atoms with Crippen molar-refractivity contribution in [3.63, 3.8) is 0 Å². The zero-order chi connectivity index (χ0) is 11.5. The van der Waals surface area contributed by atoms with E-state index >= 15 is 0 Å². The molecule has 15 heavy (non-hydrogen) atoms. The van der Waals surface area contributed by atoms with Gasteiger partial charge in [0.1, 0.15) is 0 Å². The molecule has 0 saturated carbocycles. The first-order valence-corrected chi connectivity index (χ1v) is 4.91. The Kier molecular flexibility index (Phi) is 3.30. The lowest BCUT2D eigenvalue weighted by Gasteiger charge is -2.18. The Bertz CT molecular complexity index is 367. The summed E-state index contributed by atoms with van der Waals surface area (Å²) < 4.78 is 0. The maximum absolute atomic E-state index is 11.4. The summed E-state index contributed by atoms with van der Waals surface area (Å²) in [4.78, 5) is 11.4. The van der Waals surface area contributed by atoms with Gasteiger partial charge in [-0.05, 0) is 11.0 Å². The predicted molar refractivity (Wildman–Crippen MR) is 61.2 cm³/mol. The van der Waals surface area contributed by atoms with Crippen molar-refractivity contribution in [2.24, 2.45) is 0 Å². The first-order chi connectivity index (χ1) is 6.95. The van der Waals surface area contributed by atoms with E-state index in [2.05, 4.69) is 20.8 Å². The number of aliphatic hydroxyl groups excluding tert-OH is 1. The van der Waals surface area contributed by atoms with Crippen molar-refractivity contribution >= 4 is 5.78 Å². The van der Waals surface area contributed by atoms with Gasteiger partial charge in [-0.3, -0.25) is 4.79 Å². The SMILES string of the molecule is CC(C)(C)c1ccc(C(=O)/C=C/O)cc1. The van der Waals surface area contributed by atoms with Crippen LogP contribution in [0.3, 0.4) is 0 Å². The molecule has 2 heteroatoms. The number of benzene rings is 1. The summed E-state index contributed by atoms with van der Waals surface area (Å²) >= 11 is 0. The molecule has 0 amide bonds. The molecular weight excluding hydrogens is 188 g/mol. The van der Waals surface area contributed by atoms with Gasteiger partial charge in [-0.15, -0.1) is 0 Å². The van der Waals surface area contributed by atoms with Crippen LogP contribution < -0.4 is 0 Å². The van der Waals surface area contributed by atoms with E-state index in [1.165, 1.54) is 5.56 Å². The molecule has 1 rings (SSSR count). The average Bonchev–Trinajstić information content (AvgIpc) is 2.17. The number of ketones is 1. The number of carbonyl (C=O) groups is 1. The van der Waals surface area contributed by atoms with Crippen LogP contribution >= 0.6 is 0 Å². The van der Waals surface area contributed by atoms with Crippen LogP contribution in [-0.4, -0.2) is 10.9 Å². The molecule has 0 radical (unpaired) electrons. The summed E-state index contributed by atoms with van der Waals surface area (Å²) in [5.74, 6) is -0.182. The lowest BCUT2D eigenvalue weighted by atomic mass is 9.86. The molecule has 0 aliphatic carbocycles. The summed E-state index contributed by atoms with van der Waals surface area (Å²) in [6.07, 6.45) is 1.91. The summed E-state index contributed by atoms with van der Waals surface area (Å²) in [7, 11) is 0. The van der Waals surface area contributed by atoms with Crippen LogP contribution in [-0.2, 0) is 5.41 Å². The standard InChI is InChI=1S/C13H16O2/c1-13(2,3)11-6-4-10(5-7-11)12(15)8-9-14/h4-9,14H,1-3H3/b9-8+. The normalized spacial score (nSPS) is 11.9. The van der Waals surface area contributed by atoms with Crippen molar-refractivity contribution in [3.05, 3.63) is 47.7 Å². The molecule has 0 unspecified atom stereocenters. The van der Waals surface area contributed by atoms with Gasteiger partial charge in [0.05, 0.1) is 6.26 Å². The molecule has 0 heterocycles. The minimum atomic E-state index is -0.182. The smallest absolute Gasteiger partial charge is 0.188 e. The summed E-state index contributed by atoms with van der Waals surface area (Å²) in [6.45, 7) is 6.37. The van der Waals surface area contributed by atoms with Crippen LogP contribution in [0, 0.1) is 0 Å². The molecule has 0 atom stereocenters. The molecule has 0 spiro atoms. The van der Waals surface area contributed by atoms with E-state index in [1.807, 2.05) is 12.1 Å². The second kappa shape index (κ2) is 4.30. The lowest BCUT2D eigenvalue weighted by molar-refractivity contribution is 0.104. The second-order valence-corrected chi connectivity index (χ2v) is 4.51. The topological polar surface area (TPSA) is 37.3 Å². The van der Waals surface area contributed by atoms with Crippen LogP contribution in [0.1, 0.15) is 36.7 Å². The van der Waals surface area contributed by atoms with Crippen LogP contribution in [0.25, 0.3) is 0 Å². The second-order valence-electron chi connectivity index (χ2n) is 4.51. The summed E-state index contributed by atoms with van der Waals surface area (Å²) in [6, 6.07) is 7.45. The molecule has 0 saturated heterocycles. The molecule has 2 nitrogen and oxygen atoms in total. The van der Waals surface area contributed by atoms with E-state index in [9.17, 15) is 4.79 Å². The fourth-order valence-electron chi connectivity index (χ4n) is 1.30. The summed E-state index contributed by atoms with van der Waals surface area (Å²) in [5, 5.41) is 8.48. The van der Waals surface area contributed by atoms with Crippen LogP contribution in [0.2, 0.25) is 0 Å². The number of carbonyl (C=O) groups excluding carboxylic acids is 1. The molecule has 0 fully saturated rings. The molecular formula is C13H16O2. The van der Waals surface area contributed by atoms with E-state index < -0.39 is 0 Å². The maximum atomic E-state index is 11.4. The molecule has 80 valence electrons.